The molecule has 0 heterocycles. The summed E-state index contributed by atoms with van der Waals surface area (Å²) in [4.78, 5) is 0. The minimum Gasteiger partial charge on any atom is -0.311 e. The van der Waals surface area contributed by atoms with Crippen LogP contribution in [0.5, 0.6) is 0 Å². The molecule has 0 atom stereocenters. The number of rotatable bonds is 9. The van der Waals surface area contributed by atoms with Crippen LogP contribution in [0.15, 0.2) is 12.2 Å². The summed E-state index contributed by atoms with van der Waals surface area (Å²) < 4.78 is 221. The lowest BCUT2D eigenvalue weighted by atomic mass is 9.90. The zero-order valence-corrected chi connectivity index (χ0v) is 13.7. The maximum atomic E-state index is 13.3. The molecular weight excluding hydrogens is 483 g/mol. The Bertz CT molecular complexity index is 629. The summed E-state index contributed by atoms with van der Waals surface area (Å²) in [7, 11) is 0. The van der Waals surface area contributed by atoms with Crippen molar-refractivity contribution in [3.8, 4) is 0 Å². The Balaban J connectivity index is 6.55. The third-order valence-electron chi connectivity index (χ3n) is 3.29. The molecule has 180 valence electrons. The first-order valence-corrected chi connectivity index (χ1v) is 6.77. The van der Waals surface area contributed by atoms with E-state index in [1.54, 1.807) is 0 Å². The van der Waals surface area contributed by atoms with Crippen LogP contribution in [0.3, 0.4) is 0 Å². The number of ether oxygens (including phenoxy) is 1. The van der Waals surface area contributed by atoms with Gasteiger partial charge in [-0.3, -0.25) is 0 Å². The van der Waals surface area contributed by atoms with Gasteiger partial charge in [0.15, 0.2) is 0 Å². The van der Waals surface area contributed by atoms with Crippen LogP contribution in [0, 0.1) is 0 Å². The molecule has 0 fully saturated rings. The fourth-order valence-corrected chi connectivity index (χ4v) is 1.49. The van der Waals surface area contributed by atoms with Gasteiger partial charge in [0.1, 0.15) is 0 Å². The van der Waals surface area contributed by atoms with Crippen LogP contribution in [-0.2, 0) is 4.74 Å². The molecule has 0 N–H and O–H groups in total. The Hall–Kier alpha value is -1.49. The minimum absolute atomic E-state index is 0.368. The van der Waals surface area contributed by atoms with E-state index >= 15 is 0 Å². The second-order valence-electron chi connectivity index (χ2n) is 5.34. The van der Waals surface area contributed by atoms with Gasteiger partial charge in [-0.15, -0.1) is 0 Å². The van der Waals surface area contributed by atoms with Crippen molar-refractivity contribution >= 4 is 0 Å². The molecule has 0 aliphatic heterocycles. The summed E-state index contributed by atoms with van der Waals surface area (Å²) in [6, 6.07) is 0. The van der Waals surface area contributed by atoms with E-state index in [1.807, 2.05) is 0 Å². The zero-order chi connectivity index (χ0) is 24.8. The first-order valence-electron chi connectivity index (χ1n) is 6.77. The van der Waals surface area contributed by atoms with E-state index in [0.717, 1.165) is 13.0 Å². The predicted molar refractivity (Wildman–Crippen MR) is 61.4 cm³/mol. The molecule has 0 radical (unpaired) electrons. The number of allylic oxidation sites excluding steroid dienone is 1. The van der Waals surface area contributed by atoms with E-state index in [0.29, 0.717) is 6.08 Å². The zero-order valence-electron chi connectivity index (χ0n) is 13.7. The van der Waals surface area contributed by atoms with Crippen LogP contribution in [0.4, 0.5) is 74.6 Å². The van der Waals surface area contributed by atoms with Gasteiger partial charge in [-0.1, -0.05) is 12.2 Å². The topological polar surface area (TPSA) is 9.23 Å². The van der Waals surface area contributed by atoms with Gasteiger partial charge in [0.05, 0.1) is 6.61 Å². The molecule has 0 rings (SSSR count). The maximum absolute atomic E-state index is 13.3. The lowest BCUT2D eigenvalue weighted by Gasteiger charge is -2.42. The third-order valence-corrected chi connectivity index (χ3v) is 3.29. The summed E-state index contributed by atoms with van der Waals surface area (Å²) >= 11 is 0. The lowest BCUT2D eigenvalue weighted by molar-refractivity contribution is -0.477. The SMILES string of the molecule is CC=CCOC(F)(F)C(F)(F)C(F)(F)C(F)(F)C(F)(F)C(F)(F)C(F)(F)C(F)(F)F. The average molecular weight is 490 g/mol. The second kappa shape index (κ2) is 7.58. The molecule has 0 saturated carbocycles. The molecule has 30 heavy (non-hydrogen) atoms. The fourth-order valence-electron chi connectivity index (χ4n) is 1.49. The molecule has 0 aromatic rings. The van der Waals surface area contributed by atoms with Gasteiger partial charge in [-0.25, -0.2) is 0 Å². The van der Waals surface area contributed by atoms with E-state index in [4.69, 9.17) is 0 Å². The van der Waals surface area contributed by atoms with Gasteiger partial charge in [-0.2, -0.15) is 74.6 Å². The summed E-state index contributed by atoms with van der Waals surface area (Å²) in [5.74, 6) is -50.0. The summed E-state index contributed by atoms with van der Waals surface area (Å²) in [5, 5.41) is 0. The number of alkyl halides is 17. The van der Waals surface area contributed by atoms with Crippen LogP contribution in [-0.4, -0.2) is 54.4 Å². The maximum Gasteiger partial charge on any atom is 0.460 e. The average Bonchev–Trinajstić information content (AvgIpc) is 2.52. The van der Waals surface area contributed by atoms with Crippen LogP contribution in [0.1, 0.15) is 6.92 Å². The van der Waals surface area contributed by atoms with Crippen molar-refractivity contribution in [3.63, 3.8) is 0 Å². The quantitative estimate of drug-likeness (QED) is 0.263. The van der Waals surface area contributed by atoms with Crippen molar-refractivity contribution in [2.24, 2.45) is 0 Å². The molecule has 0 aromatic carbocycles. The number of hydrogen-bond acceptors (Lipinski definition) is 1. The fraction of sp³-hybridized carbons (Fsp3) is 0.833. The summed E-state index contributed by atoms with van der Waals surface area (Å²) in [5.41, 5.74) is 0. The Morgan fingerprint density at radius 3 is 1.10 bits per heavy atom. The highest BCUT2D eigenvalue weighted by Gasteiger charge is 2.95. The highest BCUT2D eigenvalue weighted by atomic mass is 19.4. The van der Waals surface area contributed by atoms with Crippen molar-refractivity contribution in [3.05, 3.63) is 12.2 Å². The molecule has 0 saturated heterocycles. The highest BCUT2D eigenvalue weighted by molar-refractivity contribution is 5.14. The van der Waals surface area contributed by atoms with E-state index in [1.165, 1.54) is 0 Å². The second-order valence-corrected chi connectivity index (χ2v) is 5.34. The molecule has 0 unspecified atom stereocenters. The van der Waals surface area contributed by atoms with Crippen molar-refractivity contribution < 1.29 is 79.4 Å². The van der Waals surface area contributed by atoms with Gasteiger partial charge in [0.2, 0.25) is 0 Å². The van der Waals surface area contributed by atoms with E-state index in [9.17, 15) is 74.6 Å². The molecule has 0 aliphatic carbocycles. The number of halogens is 17. The number of hydrogen-bond donors (Lipinski definition) is 0. The first kappa shape index (κ1) is 28.5. The normalized spacial score (nSPS) is 16.5. The molecule has 0 amide bonds. The molecule has 1 nitrogen and oxygen atoms in total. The molecule has 18 heteroatoms. The molecule has 0 aliphatic rings. The Kier molecular flexibility index (Phi) is 7.20. The van der Waals surface area contributed by atoms with Gasteiger partial charge in [-0.05, 0) is 6.92 Å². The predicted octanol–water partition coefficient (Wildman–Crippen LogP) is 6.55. The first-order chi connectivity index (χ1) is 12.8. The van der Waals surface area contributed by atoms with E-state index in [-0.39, 0.29) is 0 Å². The molecular formula is C12H7F17O. The Labute approximate surface area is 154 Å². The third kappa shape index (κ3) is 3.79. The molecule has 0 aromatic heterocycles. The van der Waals surface area contributed by atoms with Gasteiger partial charge in [0, 0.05) is 0 Å². The standard InChI is InChI=1S/C12H7F17O/c1-2-3-4-30-12(28,29)10(23,24)8(19,20)6(15,16)5(13,14)7(17,18)9(21,22)11(25,26)27/h2-3H,4H2,1H3. The smallest absolute Gasteiger partial charge is 0.311 e. The lowest BCUT2D eigenvalue weighted by Crippen LogP contribution is -2.74. The van der Waals surface area contributed by atoms with Crippen LogP contribution in [0.2, 0.25) is 0 Å². The van der Waals surface area contributed by atoms with Gasteiger partial charge >= 0.3 is 47.8 Å². The van der Waals surface area contributed by atoms with Crippen molar-refractivity contribution in [1.29, 1.82) is 0 Å². The van der Waals surface area contributed by atoms with E-state index in [2.05, 4.69) is 4.74 Å². The van der Waals surface area contributed by atoms with Crippen molar-refractivity contribution in [1.82, 2.24) is 0 Å². The molecule has 0 bridgehead atoms. The van der Waals surface area contributed by atoms with Crippen LogP contribution >= 0.6 is 0 Å². The van der Waals surface area contributed by atoms with E-state index < -0.39 is 54.4 Å². The van der Waals surface area contributed by atoms with Gasteiger partial charge < -0.3 is 4.74 Å². The van der Waals surface area contributed by atoms with Crippen LogP contribution < -0.4 is 0 Å². The Morgan fingerprint density at radius 2 is 0.800 bits per heavy atom. The van der Waals surface area contributed by atoms with Crippen LogP contribution in [0.25, 0.3) is 0 Å². The largest absolute Gasteiger partial charge is 0.460 e. The summed E-state index contributed by atoms with van der Waals surface area (Å²) in [6.07, 6.45) is -13.5. The van der Waals surface area contributed by atoms with Crippen molar-refractivity contribution in [2.45, 2.75) is 54.7 Å². The monoisotopic (exact) mass is 490 g/mol. The molecule has 0 spiro atoms. The highest BCUT2D eigenvalue weighted by Crippen LogP contribution is 2.63. The Morgan fingerprint density at radius 1 is 0.500 bits per heavy atom. The van der Waals surface area contributed by atoms with Crippen molar-refractivity contribution in [2.75, 3.05) is 6.61 Å². The summed E-state index contributed by atoms with van der Waals surface area (Å²) in [6.45, 7) is -0.745. The minimum atomic E-state index is -8.63. The van der Waals surface area contributed by atoms with Gasteiger partial charge in [0.25, 0.3) is 0 Å².